The van der Waals surface area contributed by atoms with E-state index in [-0.39, 0.29) is 0 Å². The highest BCUT2D eigenvalue weighted by atomic mass is 16.5. The Morgan fingerprint density at radius 3 is 2.71 bits per heavy atom. The molecule has 0 fully saturated rings. The van der Waals surface area contributed by atoms with Crippen molar-refractivity contribution in [2.45, 2.75) is 39.8 Å². The SMILES string of the molecule is Cc1ccc(/C=C/c2cnn(CCCOC(C)C)c2)cn1. The number of hydrogen-bond donors (Lipinski definition) is 0. The highest BCUT2D eigenvalue weighted by Crippen LogP contribution is 2.07. The number of aryl methyl sites for hydroxylation is 2. The molecule has 4 heteroatoms. The van der Waals surface area contributed by atoms with E-state index in [4.69, 9.17) is 4.74 Å². The molecule has 0 atom stereocenters. The Kier molecular flexibility index (Phi) is 5.69. The Labute approximate surface area is 126 Å². The first-order chi connectivity index (χ1) is 10.1. The van der Waals surface area contributed by atoms with Gasteiger partial charge in [0.2, 0.25) is 0 Å². The maximum Gasteiger partial charge on any atom is 0.0562 e. The molecule has 0 aliphatic rings. The summed E-state index contributed by atoms with van der Waals surface area (Å²) in [6, 6.07) is 4.07. The van der Waals surface area contributed by atoms with E-state index in [1.54, 1.807) is 0 Å². The van der Waals surface area contributed by atoms with Crippen LogP contribution in [-0.2, 0) is 11.3 Å². The third-order valence-corrected chi connectivity index (χ3v) is 3.04. The average molecular weight is 285 g/mol. The van der Waals surface area contributed by atoms with Crippen LogP contribution in [0, 0.1) is 6.92 Å². The smallest absolute Gasteiger partial charge is 0.0562 e. The van der Waals surface area contributed by atoms with E-state index in [9.17, 15) is 0 Å². The third kappa shape index (κ3) is 5.52. The average Bonchev–Trinajstić information content (AvgIpc) is 2.91. The fraction of sp³-hybridized carbons (Fsp3) is 0.412. The zero-order chi connectivity index (χ0) is 15.1. The van der Waals surface area contributed by atoms with E-state index in [1.807, 2.05) is 36.3 Å². The van der Waals surface area contributed by atoms with E-state index in [0.29, 0.717) is 6.10 Å². The van der Waals surface area contributed by atoms with Crippen LogP contribution >= 0.6 is 0 Å². The van der Waals surface area contributed by atoms with Crippen molar-refractivity contribution in [3.05, 3.63) is 47.5 Å². The van der Waals surface area contributed by atoms with Gasteiger partial charge in [0.05, 0.1) is 12.3 Å². The first kappa shape index (κ1) is 15.4. The lowest BCUT2D eigenvalue weighted by molar-refractivity contribution is 0.0743. The van der Waals surface area contributed by atoms with Gasteiger partial charge >= 0.3 is 0 Å². The van der Waals surface area contributed by atoms with Crippen LogP contribution < -0.4 is 0 Å². The van der Waals surface area contributed by atoms with Gasteiger partial charge in [0.25, 0.3) is 0 Å². The lowest BCUT2D eigenvalue weighted by atomic mass is 10.2. The van der Waals surface area contributed by atoms with Crippen molar-refractivity contribution in [1.82, 2.24) is 14.8 Å². The van der Waals surface area contributed by atoms with Gasteiger partial charge in [0.1, 0.15) is 0 Å². The fourth-order valence-electron chi connectivity index (χ4n) is 1.90. The Hall–Kier alpha value is -1.94. The van der Waals surface area contributed by atoms with Gasteiger partial charge in [0, 0.05) is 36.8 Å². The molecular formula is C17H23N3O. The minimum atomic E-state index is 0.296. The van der Waals surface area contributed by atoms with Gasteiger partial charge in [-0.15, -0.1) is 0 Å². The topological polar surface area (TPSA) is 39.9 Å². The van der Waals surface area contributed by atoms with Crippen molar-refractivity contribution in [3.63, 3.8) is 0 Å². The van der Waals surface area contributed by atoms with Crippen molar-refractivity contribution < 1.29 is 4.74 Å². The van der Waals surface area contributed by atoms with Crippen molar-refractivity contribution in [2.24, 2.45) is 0 Å². The van der Waals surface area contributed by atoms with Gasteiger partial charge in [-0.25, -0.2) is 0 Å². The molecule has 4 nitrogen and oxygen atoms in total. The third-order valence-electron chi connectivity index (χ3n) is 3.04. The maximum atomic E-state index is 5.52. The summed E-state index contributed by atoms with van der Waals surface area (Å²) in [5.41, 5.74) is 3.22. The predicted octanol–water partition coefficient (Wildman–Crippen LogP) is 3.57. The van der Waals surface area contributed by atoms with E-state index >= 15 is 0 Å². The molecule has 2 aromatic heterocycles. The molecule has 2 rings (SSSR count). The Balaban J connectivity index is 1.83. The molecule has 0 unspecified atom stereocenters. The number of aromatic nitrogens is 3. The van der Waals surface area contributed by atoms with Crippen LogP contribution in [0.2, 0.25) is 0 Å². The first-order valence-electron chi connectivity index (χ1n) is 7.38. The Morgan fingerprint density at radius 2 is 2.00 bits per heavy atom. The molecule has 2 heterocycles. The molecule has 0 saturated heterocycles. The van der Waals surface area contributed by atoms with Crippen molar-refractivity contribution in [1.29, 1.82) is 0 Å². The molecule has 0 aliphatic heterocycles. The molecule has 2 aromatic rings. The highest BCUT2D eigenvalue weighted by Gasteiger charge is 1.97. The molecule has 0 radical (unpaired) electrons. The van der Waals surface area contributed by atoms with Crippen LogP contribution in [0.4, 0.5) is 0 Å². The predicted molar refractivity (Wildman–Crippen MR) is 85.8 cm³/mol. The standard InChI is InChI=1S/C17H23N3O/c1-14(2)21-10-4-9-20-13-17(12-19-20)8-7-16-6-5-15(3)18-11-16/h5-8,11-14H,4,9-10H2,1-3H3/b8-7+. The van der Waals surface area contributed by atoms with Crippen molar-refractivity contribution in [2.75, 3.05) is 6.61 Å². The zero-order valence-electron chi connectivity index (χ0n) is 13.0. The van der Waals surface area contributed by atoms with Crippen molar-refractivity contribution >= 4 is 12.2 Å². The summed E-state index contributed by atoms with van der Waals surface area (Å²) in [6.45, 7) is 7.75. The summed E-state index contributed by atoms with van der Waals surface area (Å²) in [5.74, 6) is 0. The van der Waals surface area contributed by atoms with E-state index in [2.05, 4.69) is 42.1 Å². The summed E-state index contributed by atoms with van der Waals surface area (Å²) in [4.78, 5) is 4.27. The Morgan fingerprint density at radius 1 is 1.19 bits per heavy atom. The van der Waals surface area contributed by atoms with Crippen LogP contribution in [-0.4, -0.2) is 27.5 Å². The van der Waals surface area contributed by atoms with Gasteiger partial charge in [-0.3, -0.25) is 9.67 Å². The second-order valence-electron chi connectivity index (χ2n) is 5.38. The lowest BCUT2D eigenvalue weighted by Gasteiger charge is -2.06. The van der Waals surface area contributed by atoms with Crippen LogP contribution in [0.15, 0.2) is 30.7 Å². The largest absolute Gasteiger partial charge is 0.379 e. The van der Waals surface area contributed by atoms with Gasteiger partial charge in [-0.05, 0) is 38.8 Å². The van der Waals surface area contributed by atoms with Crippen LogP contribution in [0.5, 0.6) is 0 Å². The molecule has 0 aromatic carbocycles. The van der Waals surface area contributed by atoms with Crippen LogP contribution in [0.25, 0.3) is 12.2 Å². The molecule has 0 aliphatic carbocycles. The summed E-state index contributed by atoms with van der Waals surface area (Å²) >= 11 is 0. The number of nitrogens with zero attached hydrogens (tertiary/aromatic N) is 3. The zero-order valence-corrected chi connectivity index (χ0v) is 13.0. The van der Waals surface area contributed by atoms with E-state index in [1.165, 1.54) is 0 Å². The van der Waals surface area contributed by atoms with Gasteiger partial charge < -0.3 is 4.74 Å². The first-order valence-corrected chi connectivity index (χ1v) is 7.38. The number of ether oxygens (including phenoxy) is 1. The molecule has 0 saturated carbocycles. The second-order valence-corrected chi connectivity index (χ2v) is 5.38. The second kappa shape index (κ2) is 7.74. The van der Waals surface area contributed by atoms with Gasteiger partial charge in [-0.2, -0.15) is 5.10 Å². The lowest BCUT2D eigenvalue weighted by Crippen LogP contribution is -2.07. The van der Waals surface area contributed by atoms with Crippen molar-refractivity contribution in [3.8, 4) is 0 Å². The molecular weight excluding hydrogens is 262 g/mol. The van der Waals surface area contributed by atoms with E-state index in [0.717, 1.165) is 36.4 Å². The number of hydrogen-bond acceptors (Lipinski definition) is 3. The molecule has 112 valence electrons. The molecule has 0 amide bonds. The normalized spacial score (nSPS) is 11.6. The van der Waals surface area contributed by atoms with E-state index < -0.39 is 0 Å². The Bertz CT molecular complexity index is 570. The van der Waals surface area contributed by atoms with Crippen LogP contribution in [0.1, 0.15) is 37.1 Å². The minimum Gasteiger partial charge on any atom is -0.379 e. The molecule has 0 bridgehead atoms. The van der Waals surface area contributed by atoms with Gasteiger partial charge in [0.15, 0.2) is 0 Å². The summed E-state index contributed by atoms with van der Waals surface area (Å²) in [6.07, 6.45) is 11.2. The number of rotatable bonds is 7. The summed E-state index contributed by atoms with van der Waals surface area (Å²) in [5, 5.41) is 4.35. The summed E-state index contributed by atoms with van der Waals surface area (Å²) in [7, 11) is 0. The molecule has 21 heavy (non-hydrogen) atoms. The monoisotopic (exact) mass is 285 g/mol. The highest BCUT2D eigenvalue weighted by molar-refractivity contribution is 5.68. The van der Waals surface area contributed by atoms with Gasteiger partial charge in [-0.1, -0.05) is 18.2 Å². The summed E-state index contributed by atoms with van der Waals surface area (Å²) < 4.78 is 7.48. The van der Waals surface area contributed by atoms with Crippen LogP contribution in [0.3, 0.4) is 0 Å². The molecule has 0 N–H and O–H groups in total. The maximum absolute atomic E-state index is 5.52. The fourth-order valence-corrected chi connectivity index (χ4v) is 1.90. The quantitative estimate of drug-likeness (QED) is 0.730. The molecule has 0 spiro atoms. The minimum absolute atomic E-state index is 0.296. The number of pyridine rings is 1.